The molecule has 18 atom stereocenters. The third-order valence-corrected chi connectivity index (χ3v) is 18.8. The van der Waals surface area contributed by atoms with E-state index in [9.17, 15) is 28.8 Å². The van der Waals surface area contributed by atoms with Crippen molar-refractivity contribution in [3.63, 3.8) is 0 Å². The van der Waals surface area contributed by atoms with E-state index in [2.05, 4.69) is 72.9 Å². The van der Waals surface area contributed by atoms with E-state index in [1.807, 2.05) is 0 Å². The zero-order valence-corrected chi connectivity index (χ0v) is 39.4. The van der Waals surface area contributed by atoms with Crippen LogP contribution in [0.2, 0.25) is 0 Å². The molecule has 0 radical (unpaired) electrons. The van der Waals surface area contributed by atoms with E-state index >= 15 is 0 Å². The second-order valence-corrected chi connectivity index (χ2v) is 23.4. The summed E-state index contributed by atoms with van der Waals surface area (Å²) in [5.74, 6) is -3.41. The summed E-state index contributed by atoms with van der Waals surface area (Å²) in [6.07, 6.45) is 34.1. The lowest BCUT2D eigenvalue weighted by atomic mass is 9.93. The molecule has 13 nitrogen and oxygen atoms in total. The standard InChI is InChI=1S/C56H66O13/c57-49(43-19-31-1-7-37(43)13-31)63-25-55(26-64-50(58)44-20-32-2-8-38(44)14-32,27-65-51(59)45-21-33-3-9-39(45)15-33)69-56(28-66-52(60)46-22-34-4-10-40(46)16-34,29-67-53(61)47-23-35-5-11-41(47)17-35)30-68-54(62)48-24-36-6-12-42(48)18-36/h1-12,31-48H,13-30H2. The first-order valence-corrected chi connectivity index (χ1v) is 26.2. The number of esters is 6. The van der Waals surface area contributed by atoms with Gasteiger partial charge in [0.2, 0.25) is 0 Å². The Labute approximate surface area is 403 Å². The topological polar surface area (TPSA) is 167 Å². The molecular formula is C56H66O13. The Morgan fingerprint density at radius 2 is 0.449 bits per heavy atom. The normalized spacial score (nSPS) is 41.6. The van der Waals surface area contributed by atoms with Crippen molar-refractivity contribution in [2.45, 2.75) is 88.3 Å². The molecule has 13 heteroatoms. The van der Waals surface area contributed by atoms with Crippen LogP contribution in [0.5, 0.6) is 0 Å². The van der Waals surface area contributed by atoms with Gasteiger partial charge in [0.1, 0.15) is 39.6 Å². The fraction of sp³-hybridized carbons (Fsp3) is 0.679. The Balaban J connectivity index is 0.892. The Morgan fingerprint density at radius 1 is 0.275 bits per heavy atom. The zero-order valence-electron chi connectivity index (χ0n) is 39.4. The van der Waals surface area contributed by atoms with Crippen molar-refractivity contribution < 1.29 is 61.9 Å². The summed E-state index contributed by atoms with van der Waals surface area (Å²) in [6.45, 7) is -3.16. The van der Waals surface area contributed by atoms with Gasteiger partial charge in [-0.05, 0) is 148 Å². The van der Waals surface area contributed by atoms with E-state index in [1.165, 1.54) is 0 Å². The minimum absolute atomic E-state index is 0.0181. The van der Waals surface area contributed by atoms with Gasteiger partial charge in [0.05, 0.1) is 35.5 Å². The molecule has 6 saturated carbocycles. The molecule has 0 aromatic carbocycles. The predicted molar refractivity (Wildman–Crippen MR) is 245 cm³/mol. The lowest BCUT2D eigenvalue weighted by Gasteiger charge is -2.42. The van der Waals surface area contributed by atoms with Crippen molar-refractivity contribution in [1.29, 1.82) is 0 Å². The van der Waals surface area contributed by atoms with Crippen LogP contribution in [-0.2, 0) is 61.9 Å². The van der Waals surface area contributed by atoms with Gasteiger partial charge in [-0.2, -0.15) is 0 Å². The smallest absolute Gasteiger partial charge is 0.309 e. The van der Waals surface area contributed by atoms with E-state index in [0.717, 1.165) is 38.5 Å². The third-order valence-electron chi connectivity index (χ3n) is 18.8. The molecule has 0 heterocycles. The quantitative estimate of drug-likeness (QED) is 0.0696. The highest BCUT2D eigenvalue weighted by Gasteiger charge is 2.54. The number of carbonyl (C=O) groups is 6. The van der Waals surface area contributed by atoms with Crippen LogP contribution in [0.3, 0.4) is 0 Å². The van der Waals surface area contributed by atoms with Gasteiger partial charge in [0.25, 0.3) is 0 Å². The summed E-state index contributed by atoms with van der Waals surface area (Å²) >= 11 is 0. The highest BCUT2D eigenvalue weighted by Crippen LogP contribution is 2.49. The molecule has 18 unspecified atom stereocenters. The maximum atomic E-state index is 14.2. The Hall–Kier alpha value is -4.78. The van der Waals surface area contributed by atoms with Crippen LogP contribution in [0.1, 0.15) is 77.0 Å². The average molecular weight is 947 g/mol. The molecule has 69 heavy (non-hydrogen) atoms. The van der Waals surface area contributed by atoms with Crippen LogP contribution in [-0.4, -0.2) is 86.7 Å². The van der Waals surface area contributed by atoms with Gasteiger partial charge in [-0.15, -0.1) is 0 Å². The van der Waals surface area contributed by atoms with Crippen molar-refractivity contribution in [1.82, 2.24) is 0 Å². The Bertz CT molecular complexity index is 1890. The third kappa shape index (κ3) is 8.89. The van der Waals surface area contributed by atoms with Crippen LogP contribution in [0.15, 0.2) is 72.9 Å². The second-order valence-electron chi connectivity index (χ2n) is 23.4. The van der Waals surface area contributed by atoms with Crippen molar-refractivity contribution in [2.75, 3.05) is 39.6 Å². The van der Waals surface area contributed by atoms with Crippen LogP contribution < -0.4 is 0 Å². The molecule has 0 N–H and O–H groups in total. The van der Waals surface area contributed by atoms with E-state index < -0.39 is 122 Å². The van der Waals surface area contributed by atoms with E-state index in [4.69, 9.17) is 33.2 Å². The van der Waals surface area contributed by atoms with Gasteiger partial charge in [0.15, 0.2) is 11.2 Å². The molecule has 0 aromatic rings. The van der Waals surface area contributed by atoms with E-state index in [0.29, 0.717) is 38.5 Å². The molecule has 368 valence electrons. The van der Waals surface area contributed by atoms with Gasteiger partial charge < -0.3 is 33.2 Å². The first kappa shape index (κ1) is 45.4. The van der Waals surface area contributed by atoms with Crippen molar-refractivity contribution in [3.8, 4) is 0 Å². The number of ether oxygens (including phenoxy) is 7. The predicted octanol–water partition coefficient (Wildman–Crippen LogP) is 7.01. The summed E-state index contributed by atoms with van der Waals surface area (Å²) in [5, 5.41) is 0. The van der Waals surface area contributed by atoms with E-state index in [-0.39, 0.29) is 71.0 Å². The molecule has 0 saturated heterocycles. The first-order valence-electron chi connectivity index (χ1n) is 26.2. The molecule has 12 rings (SSSR count). The number of fused-ring (bicyclic) bond motifs is 12. The van der Waals surface area contributed by atoms with Gasteiger partial charge in [0, 0.05) is 0 Å². The van der Waals surface area contributed by atoms with Crippen LogP contribution in [0, 0.1) is 107 Å². The Kier molecular flexibility index (Phi) is 11.9. The van der Waals surface area contributed by atoms with Crippen molar-refractivity contribution >= 4 is 35.8 Å². The lowest BCUT2D eigenvalue weighted by Crippen LogP contribution is -2.60. The molecule has 0 aliphatic heterocycles. The SMILES string of the molecule is O=C(OCC(COC(=O)C1CC2C=CC1C2)(COC(=O)C1CC2C=CC1C2)OC(COC(=O)C1CC2C=CC1C2)(COC(=O)C1CC2C=CC1C2)COC(=O)C1CC2C=CC1C2)C1CC2C=CC1C2. The fourth-order valence-corrected chi connectivity index (χ4v) is 15.1. The molecule has 0 spiro atoms. The molecule has 12 aliphatic carbocycles. The van der Waals surface area contributed by atoms with Gasteiger partial charge in [-0.25, -0.2) is 0 Å². The molecule has 0 aromatic heterocycles. The highest BCUT2D eigenvalue weighted by atomic mass is 16.7. The lowest BCUT2D eigenvalue weighted by molar-refractivity contribution is -0.257. The first-order chi connectivity index (χ1) is 33.4. The number of allylic oxidation sites excluding steroid dienone is 12. The summed E-state index contributed by atoms with van der Waals surface area (Å²) in [7, 11) is 0. The van der Waals surface area contributed by atoms with E-state index in [1.54, 1.807) is 0 Å². The maximum absolute atomic E-state index is 14.2. The summed E-state index contributed by atoms with van der Waals surface area (Å²) in [4.78, 5) is 85.3. The number of carbonyl (C=O) groups excluding carboxylic acids is 6. The second kappa shape index (κ2) is 18.1. The zero-order chi connectivity index (χ0) is 47.0. The number of hydrogen-bond donors (Lipinski definition) is 0. The Morgan fingerprint density at radius 3 is 0.580 bits per heavy atom. The maximum Gasteiger partial charge on any atom is 0.309 e. The van der Waals surface area contributed by atoms with Gasteiger partial charge in [-0.1, -0.05) is 72.9 Å². The largest absolute Gasteiger partial charge is 0.462 e. The van der Waals surface area contributed by atoms with Gasteiger partial charge in [-0.3, -0.25) is 28.8 Å². The molecule has 12 aliphatic rings. The minimum atomic E-state index is -1.94. The fourth-order valence-electron chi connectivity index (χ4n) is 15.1. The number of hydrogen-bond acceptors (Lipinski definition) is 13. The van der Waals surface area contributed by atoms with Crippen molar-refractivity contribution in [2.24, 2.45) is 107 Å². The molecule has 12 bridgehead atoms. The van der Waals surface area contributed by atoms with Gasteiger partial charge >= 0.3 is 35.8 Å². The number of rotatable bonds is 20. The highest BCUT2D eigenvalue weighted by molar-refractivity contribution is 5.77. The molecule has 0 amide bonds. The summed E-state index contributed by atoms with van der Waals surface area (Å²) in [6, 6.07) is 0. The molecular weight excluding hydrogens is 881 g/mol. The van der Waals surface area contributed by atoms with Crippen molar-refractivity contribution in [3.05, 3.63) is 72.9 Å². The molecule has 6 fully saturated rings. The van der Waals surface area contributed by atoms with Crippen LogP contribution >= 0.6 is 0 Å². The monoisotopic (exact) mass is 946 g/mol. The summed E-state index contributed by atoms with van der Waals surface area (Å²) < 4.78 is 45.0. The van der Waals surface area contributed by atoms with Crippen LogP contribution in [0.4, 0.5) is 0 Å². The minimum Gasteiger partial charge on any atom is -0.462 e. The average Bonchev–Trinajstić information content (AvgIpc) is 4.22. The van der Waals surface area contributed by atoms with Crippen LogP contribution in [0.25, 0.3) is 0 Å². The summed E-state index contributed by atoms with van der Waals surface area (Å²) in [5.41, 5.74) is -3.89.